The second kappa shape index (κ2) is 21.2. The predicted octanol–water partition coefficient (Wildman–Crippen LogP) is -0.878. The first-order valence-electron chi connectivity index (χ1n) is 15.8. The van der Waals surface area contributed by atoms with E-state index in [9.17, 15) is 43.1 Å². The van der Waals surface area contributed by atoms with Gasteiger partial charge in [-0.25, -0.2) is 4.39 Å². The fourth-order valence-corrected chi connectivity index (χ4v) is 4.53. The van der Waals surface area contributed by atoms with E-state index in [4.69, 9.17) is 11.5 Å². The number of carbonyl (C=O) groups excluding carboxylic acids is 6. The number of aliphatic carboxylic acids is 1. The Morgan fingerprint density at radius 2 is 1.54 bits per heavy atom. The second-order valence-electron chi connectivity index (χ2n) is 11.3. The number of hydrogen-bond donors (Lipinski definition) is 8. The van der Waals surface area contributed by atoms with E-state index in [-0.39, 0.29) is 50.3 Å². The van der Waals surface area contributed by atoms with Crippen LogP contribution in [0.15, 0.2) is 59.6 Å². The minimum atomic E-state index is -1.56. The van der Waals surface area contributed by atoms with Crippen molar-refractivity contribution in [2.24, 2.45) is 22.4 Å². The van der Waals surface area contributed by atoms with Gasteiger partial charge < -0.3 is 48.0 Å². The summed E-state index contributed by atoms with van der Waals surface area (Å²) in [5.41, 5.74) is 11.7. The molecule has 0 aliphatic rings. The Bertz CT molecular complexity index is 1500. The number of benzene rings is 2. The Kier molecular flexibility index (Phi) is 17.1. The lowest BCUT2D eigenvalue weighted by Gasteiger charge is -2.22. The first-order valence-corrected chi connectivity index (χ1v) is 15.8. The van der Waals surface area contributed by atoms with Crippen molar-refractivity contribution in [2.75, 3.05) is 19.6 Å². The molecule has 0 saturated carbocycles. The highest BCUT2D eigenvalue weighted by atomic mass is 19.1. The summed E-state index contributed by atoms with van der Waals surface area (Å²) in [6.07, 6.45) is 0.381. The molecule has 0 fully saturated rings. The molecule has 2 aromatic rings. The third kappa shape index (κ3) is 15.4. The minimum Gasteiger partial charge on any atom is -0.481 e. The summed E-state index contributed by atoms with van der Waals surface area (Å²) < 4.78 is 13.1. The van der Waals surface area contributed by atoms with Crippen molar-refractivity contribution in [3.8, 4) is 0 Å². The van der Waals surface area contributed by atoms with Crippen molar-refractivity contribution in [3.05, 3.63) is 71.5 Å². The number of carbonyl (C=O) groups is 7. The smallest absolute Gasteiger partial charge is 0.305 e. The van der Waals surface area contributed by atoms with Gasteiger partial charge in [-0.05, 0) is 55.5 Å². The zero-order valence-corrected chi connectivity index (χ0v) is 27.5. The van der Waals surface area contributed by atoms with Crippen LogP contribution in [-0.4, -0.2) is 90.6 Å². The van der Waals surface area contributed by atoms with Gasteiger partial charge >= 0.3 is 5.97 Å². The molecule has 0 radical (unpaired) electrons. The molecule has 270 valence electrons. The number of aliphatic imine (C=N–C) groups is 1. The van der Waals surface area contributed by atoms with Crippen LogP contribution in [0.3, 0.4) is 0 Å². The highest BCUT2D eigenvalue weighted by Crippen LogP contribution is 2.07. The summed E-state index contributed by atoms with van der Waals surface area (Å²) in [7, 11) is 0. The van der Waals surface area contributed by atoms with Gasteiger partial charge in [-0.2, -0.15) is 0 Å². The number of aldehydes is 1. The van der Waals surface area contributed by atoms with Gasteiger partial charge in [0, 0.05) is 24.6 Å². The average Bonchev–Trinajstić information content (AvgIpc) is 3.08. The van der Waals surface area contributed by atoms with Gasteiger partial charge in [0.1, 0.15) is 24.2 Å². The quantitative estimate of drug-likeness (QED) is 0.0345. The molecule has 50 heavy (non-hydrogen) atoms. The second-order valence-corrected chi connectivity index (χ2v) is 11.3. The highest BCUT2D eigenvalue weighted by Gasteiger charge is 2.27. The van der Waals surface area contributed by atoms with Crippen LogP contribution in [0.1, 0.15) is 48.5 Å². The predicted molar refractivity (Wildman–Crippen MR) is 180 cm³/mol. The Morgan fingerprint density at radius 1 is 0.860 bits per heavy atom. The Balaban J connectivity index is 1.97. The van der Waals surface area contributed by atoms with Crippen molar-refractivity contribution in [1.82, 2.24) is 26.6 Å². The van der Waals surface area contributed by atoms with Crippen LogP contribution in [0.25, 0.3) is 0 Å². The number of nitrogens with two attached hydrogens (primary N) is 2. The molecule has 0 saturated heterocycles. The van der Waals surface area contributed by atoms with Crippen LogP contribution in [0.4, 0.5) is 4.39 Å². The number of carboxylic acid groups (broad SMARTS) is 1. The normalized spacial score (nSPS) is 12.9. The molecule has 17 heteroatoms. The van der Waals surface area contributed by atoms with Gasteiger partial charge in [0.05, 0.1) is 19.0 Å². The van der Waals surface area contributed by atoms with E-state index in [1.807, 2.05) is 0 Å². The summed E-state index contributed by atoms with van der Waals surface area (Å²) in [4.78, 5) is 90.7. The topological polar surface area (TPSA) is 264 Å². The minimum absolute atomic E-state index is 0.0720. The van der Waals surface area contributed by atoms with E-state index >= 15 is 0 Å². The molecule has 2 rings (SSSR count). The molecule has 4 unspecified atom stereocenters. The number of nitrogens with one attached hydrogen (secondary N) is 5. The molecular formula is C33H43FN8O8. The van der Waals surface area contributed by atoms with E-state index in [1.165, 1.54) is 12.1 Å². The lowest BCUT2D eigenvalue weighted by molar-refractivity contribution is -0.141. The maximum absolute atomic E-state index is 13.1. The number of amides is 5. The van der Waals surface area contributed by atoms with E-state index in [0.29, 0.717) is 6.29 Å². The van der Waals surface area contributed by atoms with E-state index < -0.39 is 78.3 Å². The summed E-state index contributed by atoms with van der Waals surface area (Å²) >= 11 is 0. The van der Waals surface area contributed by atoms with Gasteiger partial charge in [0.25, 0.3) is 5.91 Å². The molecule has 0 bridgehead atoms. The molecule has 0 aliphatic heterocycles. The van der Waals surface area contributed by atoms with Gasteiger partial charge in [-0.15, -0.1) is 0 Å². The van der Waals surface area contributed by atoms with Gasteiger partial charge in [-0.1, -0.05) is 37.3 Å². The standard InChI is InChI=1S/C33H43FN8O8/c1-20(13-15-37-30(48)22-9-11-23(34)12-10-22)29(47)42-25(8-5-14-38-33(35)36)31(49)39-18-27(44)41-26(17-28(45)46)32(50)40-24(19-43)16-21-6-3-2-4-7-21/h2-4,6-7,9-12,19-20,24-26H,5,8,13-18H2,1H3,(H,37,48)(H,39,49)(H,40,50)(H,41,44)(H,42,47)(H,45,46)(H4,35,36,38). The van der Waals surface area contributed by atoms with Crippen LogP contribution < -0.4 is 38.1 Å². The number of guanidine groups is 1. The summed E-state index contributed by atoms with van der Waals surface area (Å²) in [6.45, 7) is 1.17. The molecule has 5 amide bonds. The fraction of sp³-hybridized carbons (Fsp3) is 0.394. The summed E-state index contributed by atoms with van der Waals surface area (Å²) in [5, 5.41) is 21.6. The summed E-state index contributed by atoms with van der Waals surface area (Å²) in [5.74, 6) is -6.24. The van der Waals surface area contributed by atoms with Crippen LogP contribution in [0.5, 0.6) is 0 Å². The molecule has 0 aliphatic carbocycles. The molecule has 10 N–H and O–H groups in total. The van der Waals surface area contributed by atoms with E-state index in [1.54, 1.807) is 37.3 Å². The van der Waals surface area contributed by atoms with Crippen molar-refractivity contribution in [1.29, 1.82) is 0 Å². The van der Waals surface area contributed by atoms with E-state index in [2.05, 4.69) is 31.6 Å². The number of carboxylic acids is 1. The number of rotatable bonds is 21. The van der Waals surface area contributed by atoms with Crippen molar-refractivity contribution < 1.29 is 43.1 Å². The van der Waals surface area contributed by atoms with Crippen LogP contribution >= 0.6 is 0 Å². The molecule has 4 atom stereocenters. The average molecular weight is 699 g/mol. The first kappa shape index (κ1) is 40.3. The largest absolute Gasteiger partial charge is 0.481 e. The number of halogens is 1. The molecule has 0 heterocycles. The van der Waals surface area contributed by atoms with Gasteiger partial charge in [0.2, 0.25) is 23.6 Å². The third-order valence-electron chi connectivity index (χ3n) is 7.24. The first-order chi connectivity index (χ1) is 23.8. The molecular weight excluding hydrogens is 655 g/mol. The monoisotopic (exact) mass is 698 g/mol. The SMILES string of the molecule is CC(CCNC(=O)c1ccc(F)cc1)C(=O)NC(CCCN=C(N)N)C(=O)NCC(=O)NC(CC(=O)O)C(=O)NC(C=O)Cc1ccccc1. The van der Waals surface area contributed by atoms with Gasteiger partial charge in [-0.3, -0.25) is 33.8 Å². The Hall–Kier alpha value is -5.87. The molecule has 0 aromatic heterocycles. The third-order valence-corrected chi connectivity index (χ3v) is 7.24. The van der Waals surface area contributed by atoms with Crippen molar-refractivity contribution in [3.63, 3.8) is 0 Å². The van der Waals surface area contributed by atoms with E-state index in [0.717, 1.165) is 17.7 Å². The van der Waals surface area contributed by atoms with Crippen LogP contribution in [0.2, 0.25) is 0 Å². The molecule has 2 aromatic carbocycles. The van der Waals surface area contributed by atoms with Crippen LogP contribution in [0, 0.1) is 11.7 Å². The molecule has 0 spiro atoms. The fourth-order valence-electron chi connectivity index (χ4n) is 4.53. The van der Waals surface area contributed by atoms with Crippen LogP contribution in [-0.2, 0) is 35.2 Å². The molecule has 16 nitrogen and oxygen atoms in total. The zero-order chi connectivity index (χ0) is 37.1. The van der Waals surface area contributed by atoms with Crippen molar-refractivity contribution in [2.45, 2.75) is 57.2 Å². The Labute approximate surface area is 288 Å². The van der Waals surface area contributed by atoms with Crippen molar-refractivity contribution >= 4 is 47.8 Å². The maximum Gasteiger partial charge on any atom is 0.305 e. The lowest BCUT2D eigenvalue weighted by Crippen LogP contribution is -2.54. The zero-order valence-electron chi connectivity index (χ0n) is 27.5. The lowest BCUT2D eigenvalue weighted by atomic mass is 10.0. The maximum atomic E-state index is 13.1. The number of hydrogen-bond acceptors (Lipinski definition) is 8. The highest BCUT2D eigenvalue weighted by molar-refractivity contribution is 5.95. The summed E-state index contributed by atoms with van der Waals surface area (Å²) in [6, 6.07) is 10.0. The Morgan fingerprint density at radius 3 is 2.16 bits per heavy atom. The van der Waals surface area contributed by atoms with Gasteiger partial charge in [0.15, 0.2) is 5.96 Å². The number of nitrogens with zero attached hydrogens (tertiary/aromatic N) is 1.